The second-order valence-electron chi connectivity index (χ2n) is 11.3. The van der Waals surface area contributed by atoms with E-state index in [0.717, 1.165) is 81.7 Å². The third-order valence-electron chi connectivity index (χ3n) is 8.79. The molecule has 5 aromatic heterocycles. The van der Waals surface area contributed by atoms with Crippen LogP contribution in [-0.2, 0) is 0 Å². The lowest BCUT2D eigenvalue weighted by Crippen LogP contribution is -1.80. The first kappa shape index (κ1) is 25.2. The number of hydrogen-bond acceptors (Lipinski definition) is 10. The smallest absolute Gasteiger partial charge is 0.136 e. The van der Waals surface area contributed by atoms with Gasteiger partial charge in [0.05, 0.1) is 62.4 Å². The lowest BCUT2D eigenvalue weighted by atomic mass is 10.1. The Kier molecular flexibility index (Phi) is 4.84. The van der Waals surface area contributed by atoms with E-state index in [9.17, 15) is 10.2 Å². The van der Waals surface area contributed by atoms with E-state index in [1.165, 1.54) is 0 Å². The molecule has 11 aromatic rings. The number of thiazole rings is 4. The number of fused-ring (bicyclic) bond motifs is 12. The summed E-state index contributed by atoms with van der Waals surface area (Å²) in [6.07, 6.45) is 0. The Morgan fingerprint density at radius 1 is 0.370 bits per heavy atom. The van der Waals surface area contributed by atoms with Crippen LogP contribution in [0.1, 0.15) is 0 Å². The van der Waals surface area contributed by atoms with Crippen LogP contribution in [0.2, 0.25) is 0 Å². The third kappa shape index (κ3) is 3.28. The summed E-state index contributed by atoms with van der Waals surface area (Å²) in [5.41, 5.74) is 3.40. The topological polar surface area (TPSA) is 92.0 Å². The van der Waals surface area contributed by atoms with Crippen molar-refractivity contribution in [3.8, 4) is 11.5 Å². The zero-order valence-corrected chi connectivity index (χ0v) is 26.7. The number of phenols is 2. The van der Waals surface area contributed by atoms with Gasteiger partial charge in [-0.1, -0.05) is 36.4 Å². The van der Waals surface area contributed by atoms with E-state index in [1.54, 1.807) is 45.3 Å². The molecule has 0 aliphatic carbocycles. The highest BCUT2D eigenvalue weighted by Gasteiger charge is 2.18. The Hall–Kier alpha value is -5.00. The Morgan fingerprint density at radius 3 is 0.935 bits per heavy atom. The molecule has 0 saturated carbocycles. The third-order valence-corrected chi connectivity index (χ3v) is 13.0. The Balaban J connectivity index is 1.42. The molecule has 216 valence electrons. The summed E-state index contributed by atoms with van der Waals surface area (Å²) in [7, 11) is 0. The predicted octanol–water partition coefficient (Wildman–Crippen LogP) is 11.0. The molecular formula is C36H16N4O2S4. The van der Waals surface area contributed by atoms with E-state index < -0.39 is 0 Å². The van der Waals surface area contributed by atoms with Crippen LogP contribution in [0.15, 0.2) is 84.9 Å². The maximum Gasteiger partial charge on any atom is 0.136 e. The highest BCUT2D eigenvalue weighted by molar-refractivity contribution is 7.26. The Morgan fingerprint density at radius 2 is 0.652 bits per heavy atom. The van der Waals surface area contributed by atoms with Crippen LogP contribution in [0.25, 0.3) is 103 Å². The van der Waals surface area contributed by atoms with Crippen LogP contribution in [-0.4, -0.2) is 30.1 Å². The summed E-state index contributed by atoms with van der Waals surface area (Å²) in [4.78, 5) is 23.5. The number of rotatable bonds is 0. The fraction of sp³-hybridized carbons (Fsp3) is 0. The van der Waals surface area contributed by atoms with Gasteiger partial charge in [-0.25, -0.2) is 19.9 Å². The number of phenolic OH excluding ortho intramolecular Hbond substituents is 2. The minimum atomic E-state index is 0.166. The van der Waals surface area contributed by atoms with Crippen molar-refractivity contribution in [1.82, 2.24) is 19.9 Å². The van der Waals surface area contributed by atoms with Crippen molar-refractivity contribution < 1.29 is 10.2 Å². The number of aromatic hydroxyl groups is 2. The quantitative estimate of drug-likeness (QED) is 0.168. The standard InChI is InChI=1S/C36H16N4O2S4/c41-31-17-3-1-4-18(31)34-38-28-22(44-34)12-8-16-10-14-24-30(26(16)28)40-36(46-24)20-6-2-5-19(32(20)42)35-39-29-23(45-35)13-9-15-7-11-21-27(25(15)29)37-33(17)43-21/h1-14,41-42H. The SMILES string of the molecule is Oc1c2cccc1c1nc3c(ccc4ccc5sc(nc5c43)c3cccc(c3O)c3nc4c(ccc5ccc6sc2nc6c54)s3)s1. The van der Waals surface area contributed by atoms with Crippen molar-refractivity contribution in [3.05, 3.63) is 84.9 Å². The molecule has 0 fully saturated rings. The van der Waals surface area contributed by atoms with Crippen molar-refractivity contribution >= 4 is 149 Å². The van der Waals surface area contributed by atoms with Crippen LogP contribution in [0.4, 0.5) is 0 Å². The molecule has 0 spiro atoms. The predicted molar refractivity (Wildman–Crippen MR) is 196 cm³/mol. The molecule has 6 aromatic carbocycles. The molecule has 0 saturated heterocycles. The second-order valence-corrected chi connectivity index (χ2v) is 15.4. The molecule has 46 heavy (non-hydrogen) atoms. The summed E-state index contributed by atoms with van der Waals surface area (Å²) in [6.45, 7) is 0. The van der Waals surface area contributed by atoms with Gasteiger partial charge in [-0.2, -0.15) is 0 Å². The van der Waals surface area contributed by atoms with Gasteiger partial charge in [0.15, 0.2) is 0 Å². The molecule has 5 heterocycles. The lowest BCUT2D eigenvalue weighted by molar-refractivity contribution is 0.487. The fourth-order valence-corrected chi connectivity index (χ4v) is 10.6. The average Bonchev–Trinajstić information content (AvgIpc) is 3.87. The average molecular weight is 665 g/mol. The van der Waals surface area contributed by atoms with E-state index in [-0.39, 0.29) is 11.5 Å². The molecule has 12 bridgehead atoms. The number of nitrogens with zero attached hydrogens (tertiary/aromatic N) is 4. The normalized spacial score (nSPS) is 12.5. The molecule has 11 rings (SSSR count). The summed E-state index contributed by atoms with van der Waals surface area (Å²) in [5, 5.41) is 30.2. The molecule has 2 N–H and O–H groups in total. The number of benzene rings is 6. The van der Waals surface area contributed by atoms with E-state index in [0.29, 0.717) is 21.5 Å². The van der Waals surface area contributed by atoms with Gasteiger partial charge >= 0.3 is 0 Å². The lowest BCUT2D eigenvalue weighted by Gasteiger charge is -2.00. The first-order chi connectivity index (χ1) is 22.6. The van der Waals surface area contributed by atoms with Crippen LogP contribution in [0.5, 0.6) is 11.5 Å². The molecule has 6 nitrogen and oxygen atoms in total. The van der Waals surface area contributed by atoms with Gasteiger partial charge in [-0.05, 0) is 59.3 Å². The molecule has 0 unspecified atom stereocenters. The van der Waals surface area contributed by atoms with Crippen molar-refractivity contribution in [2.24, 2.45) is 0 Å². The summed E-state index contributed by atoms with van der Waals surface area (Å²) >= 11 is 6.21. The van der Waals surface area contributed by atoms with Gasteiger partial charge in [-0.3, -0.25) is 0 Å². The van der Waals surface area contributed by atoms with Crippen LogP contribution in [0, 0.1) is 0 Å². The number of aromatic nitrogens is 4. The molecule has 0 amide bonds. The Labute approximate surface area is 273 Å². The highest BCUT2D eigenvalue weighted by Crippen LogP contribution is 2.43. The minimum absolute atomic E-state index is 0.166. The van der Waals surface area contributed by atoms with E-state index >= 15 is 0 Å². The Bertz CT molecular complexity index is 2780. The first-order valence-corrected chi connectivity index (χ1v) is 17.8. The van der Waals surface area contributed by atoms with Crippen LogP contribution in [0.3, 0.4) is 0 Å². The van der Waals surface area contributed by atoms with E-state index in [4.69, 9.17) is 19.9 Å². The number of para-hydroxylation sites is 2. The summed E-state index contributed by atoms with van der Waals surface area (Å²) < 4.78 is 4.06. The van der Waals surface area contributed by atoms with Gasteiger partial charge in [0.2, 0.25) is 0 Å². The van der Waals surface area contributed by atoms with Gasteiger partial charge in [0.25, 0.3) is 0 Å². The van der Waals surface area contributed by atoms with Gasteiger partial charge < -0.3 is 10.2 Å². The van der Waals surface area contributed by atoms with Gasteiger partial charge in [-0.15, -0.1) is 45.3 Å². The molecule has 0 atom stereocenters. The van der Waals surface area contributed by atoms with E-state index in [2.05, 4.69) is 48.5 Å². The van der Waals surface area contributed by atoms with Crippen LogP contribution < -0.4 is 0 Å². The zero-order valence-electron chi connectivity index (χ0n) is 23.4. The largest absolute Gasteiger partial charge is 0.506 e. The van der Waals surface area contributed by atoms with Crippen molar-refractivity contribution in [1.29, 1.82) is 0 Å². The van der Waals surface area contributed by atoms with Gasteiger partial charge in [0, 0.05) is 10.8 Å². The molecule has 0 aliphatic rings. The van der Waals surface area contributed by atoms with Crippen molar-refractivity contribution in [3.63, 3.8) is 0 Å². The van der Waals surface area contributed by atoms with Crippen molar-refractivity contribution in [2.75, 3.05) is 0 Å². The van der Waals surface area contributed by atoms with E-state index in [1.807, 2.05) is 36.4 Å². The number of hydrogen-bond donors (Lipinski definition) is 2. The monoisotopic (exact) mass is 664 g/mol. The van der Waals surface area contributed by atoms with Crippen LogP contribution >= 0.6 is 45.3 Å². The maximum atomic E-state index is 11.7. The summed E-state index contributed by atoms with van der Waals surface area (Å²) in [5.74, 6) is 0.333. The molecule has 0 aliphatic heterocycles. The molecular weight excluding hydrogens is 649 g/mol. The first-order valence-electron chi connectivity index (χ1n) is 14.5. The maximum absolute atomic E-state index is 11.7. The second kappa shape index (κ2) is 8.83. The molecule has 10 heteroatoms. The summed E-state index contributed by atoms with van der Waals surface area (Å²) in [6, 6.07) is 28.3. The minimum Gasteiger partial charge on any atom is -0.506 e. The molecule has 0 radical (unpaired) electrons. The fourth-order valence-electron chi connectivity index (χ4n) is 6.61. The zero-order chi connectivity index (χ0) is 30.3. The highest BCUT2D eigenvalue weighted by atomic mass is 32.1. The van der Waals surface area contributed by atoms with Crippen molar-refractivity contribution in [2.45, 2.75) is 0 Å². The van der Waals surface area contributed by atoms with Gasteiger partial charge in [0.1, 0.15) is 30.8 Å².